The summed E-state index contributed by atoms with van der Waals surface area (Å²) in [6, 6.07) is 5.93. The van der Waals surface area contributed by atoms with Crippen molar-refractivity contribution < 1.29 is 14.3 Å². The molecule has 1 heterocycles. The van der Waals surface area contributed by atoms with Gasteiger partial charge in [0.15, 0.2) is 17.3 Å². The molecule has 1 aliphatic heterocycles. The molecule has 0 spiro atoms. The van der Waals surface area contributed by atoms with E-state index in [1.807, 2.05) is 26.1 Å². The summed E-state index contributed by atoms with van der Waals surface area (Å²) in [6.45, 7) is 6.34. The van der Waals surface area contributed by atoms with Crippen molar-refractivity contribution in [3.63, 3.8) is 0 Å². The first-order valence-electron chi connectivity index (χ1n) is 9.54. The van der Waals surface area contributed by atoms with Crippen LogP contribution in [0.15, 0.2) is 51.9 Å². The van der Waals surface area contributed by atoms with Crippen molar-refractivity contribution in [3.8, 4) is 17.6 Å². The quantitative estimate of drug-likeness (QED) is 0.645. The molecule has 0 fully saturated rings. The van der Waals surface area contributed by atoms with Gasteiger partial charge in [-0.1, -0.05) is 12.7 Å². The summed E-state index contributed by atoms with van der Waals surface area (Å²) in [4.78, 5) is 14.7. The van der Waals surface area contributed by atoms with Gasteiger partial charge in [0.25, 0.3) is 0 Å². The van der Waals surface area contributed by atoms with E-state index < -0.39 is 5.92 Å². The highest BCUT2D eigenvalue weighted by Crippen LogP contribution is 2.47. The van der Waals surface area contributed by atoms with Crippen molar-refractivity contribution >= 4 is 21.7 Å². The zero-order chi connectivity index (χ0) is 21.1. The maximum Gasteiger partial charge on any atom is 0.175 e. The number of Topliss-reactive ketones (excluding diaryl/α,β-unsaturated/α-hetero) is 1. The first kappa shape index (κ1) is 21.0. The third kappa shape index (κ3) is 3.77. The Bertz CT molecular complexity index is 959. The van der Waals surface area contributed by atoms with E-state index in [2.05, 4.69) is 28.6 Å². The summed E-state index contributed by atoms with van der Waals surface area (Å²) < 4.78 is 12.2. The maximum atomic E-state index is 12.9. The normalized spacial score (nSPS) is 19.0. The van der Waals surface area contributed by atoms with Gasteiger partial charge >= 0.3 is 0 Å². The maximum absolute atomic E-state index is 12.9. The third-order valence-electron chi connectivity index (χ3n) is 5.18. The molecule has 0 unspecified atom stereocenters. The summed E-state index contributed by atoms with van der Waals surface area (Å²) in [7, 11) is 1.81. The number of ketones is 1. The first-order chi connectivity index (χ1) is 13.9. The summed E-state index contributed by atoms with van der Waals surface area (Å²) in [5.41, 5.74) is 8.98. The Labute approximate surface area is 179 Å². The Kier molecular flexibility index (Phi) is 6.33. The van der Waals surface area contributed by atoms with E-state index in [1.54, 1.807) is 11.0 Å². The number of rotatable bonds is 6. The molecular formula is C22H24BrN3O3. The Hall–Kier alpha value is -2.72. The molecule has 1 atom stereocenters. The SMILES string of the molecule is C=CCOc1c(Br)cc([C@@H]2C(C#N)=C(N)N(C)C3=C2C(=O)CCC3)cc1OCC. The third-order valence-corrected chi connectivity index (χ3v) is 5.77. The van der Waals surface area contributed by atoms with Gasteiger partial charge < -0.3 is 20.1 Å². The van der Waals surface area contributed by atoms with Crippen LogP contribution in [0, 0.1) is 11.3 Å². The highest BCUT2D eigenvalue weighted by molar-refractivity contribution is 9.10. The van der Waals surface area contributed by atoms with Crippen LogP contribution in [0.25, 0.3) is 0 Å². The van der Waals surface area contributed by atoms with Gasteiger partial charge in [-0.2, -0.15) is 5.26 Å². The van der Waals surface area contributed by atoms with Crippen molar-refractivity contribution in [2.24, 2.45) is 5.73 Å². The van der Waals surface area contributed by atoms with E-state index in [1.165, 1.54) is 0 Å². The van der Waals surface area contributed by atoms with Gasteiger partial charge in [-0.3, -0.25) is 4.79 Å². The van der Waals surface area contributed by atoms with Gasteiger partial charge in [-0.05, 0) is 53.4 Å². The standard InChI is InChI=1S/C22H24BrN3O3/c1-4-9-29-21-15(23)10-13(11-18(21)28-5-2)19-14(12-24)22(25)26(3)16-7-6-8-17(27)20(16)19/h4,10-11,19H,1,5-9,25H2,2-3H3/t19-/m1/s1. The van der Waals surface area contributed by atoms with Crippen LogP contribution >= 0.6 is 15.9 Å². The van der Waals surface area contributed by atoms with E-state index in [0.29, 0.717) is 52.6 Å². The number of benzene rings is 1. The van der Waals surface area contributed by atoms with Crippen molar-refractivity contribution in [2.75, 3.05) is 20.3 Å². The molecule has 1 aliphatic carbocycles. The fourth-order valence-electron chi connectivity index (χ4n) is 3.90. The second-order valence-electron chi connectivity index (χ2n) is 6.90. The average molecular weight is 458 g/mol. The number of ether oxygens (including phenoxy) is 2. The van der Waals surface area contributed by atoms with E-state index in [4.69, 9.17) is 15.2 Å². The van der Waals surface area contributed by atoms with Crippen molar-refractivity contribution in [1.29, 1.82) is 5.26 Å². The summed E-state index contributed by atoms with van der Waals surface area (Å²) in [6.07, 6.45) is 3.67. The second-order valence-corrected chi connectivity index (χ2v) is 7.76. The summed E-state index contributed by atoms with van der Waals surface area (Å²) >= 11 is 3.56. The van der Waals surface area contributed by atoms with E-state index >= 15 is 0 Å². The molecule has 29 heavy (non-hydrogen) atoms. The largest absolute Gasteiger partial charge is 0.490 e. The predicted molar refractivity (Wildman–Crippen MR) is 114 cm³/mol. The first-order valence-corrected chi connectivity index (χ1v) is 10.3. The van der Waals surface area contributed by atoms with Crippen LogP contribution in [0.2, 0.25) is 0 Å². The van der Waals surface area contributed by atoms with Crippen molar-refractivity contribution in [1.82, 2.24) is 4.90 Å². The molecule has 0 saturated heterocycles. The average Bonchev–Trinajstić information content (AvgIpc) is 2.70. The molecule has 0 bridgehead atoms. The lowest BCUT2D eigenvalue weighted by atomic mass is 9.76. The number of nitriles is 1. The number of hydrogen-bond donors (Lipinski definition) is 1. The highest BCUT2D eigenvalue weighted by atomic mass is 79.9. The van der Waals surface area contributed by atoms with Gasteiger partial charge in [0, 0.05) is 24.7 Å². The summed E-state index contributed by atoms with van der Waals surface area (Å²) in [5.74, 6) is 1.02. The van der Waals surface area contributed by atoms with Gasteiger partial charge in [-0.15, -0.1) is 0 Å². The van der Waals surface area contributed by atoms with Crippen molar-refractivity contribution in [2.45, 2.75) is 32.1 Å². The molecule has 7 heteroatoms. The van der Waals surface area contributed by atoms with E-state index in [-0.39, 0.29) is 5.78 Å². The minimum absolute atomic E-state index is 0.0596. The second kappa shape index (κ2) is 8.75. The van der Waals surface area contributed by atoms with Crippen LogP contribution in [-0.4, -0.2) is 30.9 Å². The fourth-order valence-corrected chi connectivity index (χ4v) is 4.47. The van der Waals surface area contributed by atoms with Crippen LogP contribution in [0.1, 0.15) is 37.7 Å². The summed E-state index contributed by atoms with van der Waals surface area (Å²) in [5, 5.41) is 9.87. The molecule has 6 nitrogen and oxygen atoms in total. The van der Waals surface area contributed by atoms with E-state index in [0.717, 1.165) is 24.1 Å². The topological polar surface area (TPSA) is 88.6 Å². The molecule has 152 valence electrons. The molecule has 0 aromatic heterocycles. The fraction of sp³-hybridized carbons (Fsp3) is 0.364. The van der Waals surface area contributed by atoms with Crippen LogP contribution in [0.4, 0.5) is 0 Å². The molecule has 1 aromatic carbocycles. The molecule has 3 rings (SSSR count). The predicted octanol–water partition coefficient (Wildman–Crippen LogP) is 4.14. The lowest BCUT2D eigenvalue weighted by molar-refractivity contribution is -0.116. The minimum atomic E-state index is -0.525. The Morgan fingerprint density at radius 3 is 2.83 bits per heavy atom. The number of carbonyl (C=O) groups excluding carboxylic acids is 1. The molecule has 0 saturated carbocycles. The van der Waals surface area contributed by atoms with Crippen LogP contribution in [-0.2, 0) is 4.79 Å². The zero-order valence-electron chi connectivity index (χ0n) is 16.6. The monoisotopic (exact) mass is 457 g/mol. The Morgan fingerprint density at radius 1 is 1.41 bits per heavy atom. The van der Waals surface area contributed by atoms with E-state index in [9.17, 15) is 10.1 Å². The number of hydrogen-bond acceptors (Lipinski definition) is 6. The number of nitrogens with two attached hydrogens (primary N) is 1. The highest BCUT2D eigenvalue weighted by Gasteiger charge is 2.39. The lowest BCUT2D eigenvalue weighted by Crippen LogP contribution is -2.36. The number of allylic oxidation sites excluding steroid dienone is 3. The van der Waals surface area contributed by atoms with Gasteiger partial charge in [0.1, 0.15) is 12.4 Å². The molecule has 0 radical (unpaired) electrons. The van der Waals surface area contributed by atoms with Crippen LogP contribution < -0.4 is 15.2 Å². The zero-order valence-corrected chi connectivity index (χ0v) is 18.2. The minimum Gasteiger partial charge on any atom is -0.490 e. The molecule has 2 aliphatic rings. The van der Waals surface area contributed by atoms with Gasteiger partial charge in [0.2, 0.25) is 0 Å². The smallest absolute Gasteiger partial charge is 0.175 e. The Balaban J connectivity index is 2.21. The molecule has 0 amide bonds. The lowest BCUT2D eigenvalue weighted by Gasteiger charge is -2.37. The van der Waals surface area contributed by atoms with Crippen molar-refractivity contribution in [3.05, 3.63) is 57.5 Å². The number of carbonyl (C=O) groups is 1. The molecular weight excluding hydrogens is 434 g/mol. The molecule has 1 aromatic rings. The number of nitrogens with zero attached hydrogens (tertiary/aromatic N) is 2. The van der Waals surface area contributed by atoms with Gasteiger partial charge in [-0.25, -0.2) is 0 Å². The van der Waals surface area contributed by atoms with Crippen LogP contribution in [0.3, 0.4) is 0 Å². The van der Waals surface area contributed by atoms with Crippen LogP contribution in [0.5, 0.6) is 11.5 Å². The molecule has 2 N–H and O–H groups in total. The number of halogens is 1. The van der Waals surface area contributed by atoms with Gasteiger partial charge in [0.05, 0.1) is 28.6 Å². The Morgan fingerprint density at radius 2 is 2.17 bits per heavy atom.